The van der Waals surface area contributed by atoms with Crippen LogP contribution in [0.2, 0.25) is 5.02 Å². The van der Waals surface area contributed by atoms with Crippen LogP contribution in [0, 0.1) is 20.8 Å². The van der Waals surface area contributed by atoms with Crippen molar-refractivity contribution in [3.63, 3.8) is 0 Å². The smallest absolute Gasteiger partial charge is 0.260 e. The van der Waals surface area contributed by atoms with E-state index >= 15 is 0 Å². The standard InChI is InChI=1S/C24H24ClN3O2S/c1-14-8-9-21(30-4)20(10-14)26-24-27-23(29)22(31-24)12-17-11-15(2)28(16(17)3)19-7-5-6-18(25)13-19/h5-13,24,26H,1-4H3,(H,27,29)/b22-12-. The molecule has 2 heterocycles. The van der Waals surface area contributed by atoms with Crippen molar-refractivity contribution < 1.29 is 9.53 Å². The third kappa shape index (κ3) is 4.45. The summed E-state index contributed by atoms with van der Waals surface area (Å²) < 4.78 is 7.57. The van der Waals surface area contributed by atoms with Crippen LogP contribution in [-0.4, -0.2) is 23.1 Å². The zero-order valence-corrected chi connectivity index (χ0v) is 19.4. The van der Waals surface area contributed by atoms with E-state index in [1.165, 1.54) is 11.8 Å². The third-order valence-corrected chi connectivity index (χ3v) is 6.46. The molecule has 3 aromatic rings. The second-order valence-corrected chi connectivity index (χ2v) is 9.05. The zero-order chi connectivity index (χ0) is 22.1. The van der Waals surface area contributed by atoms with E-state index < -0.39 is 0 Å². The molecule has 160 valence electrons. The topological polar surface area (TPSA) is 55.3 Å². The number of carbonyl (C=O) groups excluding carboxylic acids is 1. The molecule has 0 bridgehead atoms. The number of ether oxygens (including phenoxy) is 1. The van der Waals surface area contributed by atoms with E-state index in [0.717, 1.165) is 39.6 Å². The number of aryl methyl sites for hydroxylation is 2. The fraction of sp³-hybridized carbons (Fsp3) is 0.208. The number of rotatable bonds is 5. The molecule has 1 atom stereocenters. The number of hydrogen-bond donors (Lipinski definition) is 2. The van der Waals surface area contributed by atoms with Crippen LogP contribution in [0.4, 0.5) is 5.69 Å². The quantitative estimate of drug-likeness (QED) is 0.489. The van der Waals surface area contributed by atoms with E-state index in [0.29, 0.717) is 9.93 Å². The molecule has 2 aromatic carbocycles. The molecule has 0 saturated carbocycles. The van der Waals surface area contributed by atoms with Crippen LogP contribution >= 0.6 is 23.4 Å². The van der Waals surface area contributed by atoms with E-state index in [1.54, 1.807) is 7.11 Å². The summed E-state index contributed by atoms with van der Waals surface area (Å²) >= 11 is 7.64. The average molecular weight is 454 g/mol. The SMILES string of the molecule is COc1ccc(C)cc1NC1NC(=O)/C(=C/c2cc(C)n(-c3cccc(Cl)c3)c2C)S1. The van der Waals surface area contributed by atoms with E-state index in [9.17, 15) is 4.79 Å². The van der Waals surface area contributed by atoms with Crippen LogP contribution in [0.3, 0.4) is 0 Å². The van der Waals surface area contributed by atoms with Crippen molar-refractivity contribution in [2.24, 2.45) is 0 Å². The molecule has 1 aliphatic heterocycles. The lowest BCUT2D eigenvalue weighted by Gasteiger charge is -2.16. The molecular weight excluding hydrogens is 430 g/mol. The van der Waals surface area contributed by atoms with Gasteiger partial charge in [0.25, 0.3) is 5.91 Å². The van der Waals surface area contributed by atoms with Crippen LogP contribution in [0.5, 0.6) is 5.75 Å². The van der Waals surface area contributed by atoms with Crippen LogP contribution < -0.4 is 15.4 Å². The minimum atomic E-state index is -0.272. The molecule has 7 heteroatoms. The normalized spacial score (nSPS) is 17.1. The van der Waals surface area contributed by atoms with Gasteiger partial charge in [0.05, 0.1) is 17.7 Å². The van der Waals surface area contributed by atoms with Crippen molar-refractivity contribution in [1.29, 1.82) is 0 Å². The predicted octanol–water partition coefficient (Wildman–Crippen LogP) is 5.66. The lowest BCUT2D eigenvalue weighted by Crippen LogP contribution is -2.31. The second kappa shape index (κ2) is 8.73. The van der Waals surface area contributed by atoms with Crippen molar-refractivity contribution in [3.05, 3.63) is 81.0 Å². The highest BCUT2D eigenvalue weighted by Crippen LogP contribution is 2.34. The number of anilines is 1. The summed E-state index contributed by atoms with van der Waals surface area (Å²) in [4.78, 5) is 13.3. The summed E-state index contributed by atoms with van der Waals surface area (Å²) in [5.74, 6) is 0.643. The van der Waals surface area contributed by atoms with Gasteiger partial charge in [-0.05, 0) is 74.4 Å². The molecule has 1 aliphatic rings. The van der Waals surface area contributed by atoms with Gasteiger partial charge in [0, 0.05) is 22.1 Å². The highest BCUT2D eigenvalue weighted by molar-refractivity contribution is 8.05. The monoisotopic (exact) mass is 453 g/mol. The van der Waals surface area contributed by atoms with Gasteiger partial charge in [0.2, 0.25) is 0 Å². The molecule has 1 amide bonds. The summed E-state index contributed by atoms with van der Waals surface area (Å²) in [5, 5.41) is 7.04. The predicted molar refractivity (Wildman–Crippen MR) is 129 cm³/mol. The minimum Gasteiger partial charge on any atom is -0.495 e. The fourth-order valence-electron chi connectivity index (χ4n) is 3.73. The Hall–Kier alpha value is -2.83. The van der Waals surface area contributed by atoms with Crippen molar-refractivity contribution >= 4 is 41.0 Å². The number of methoxy groups -OCH3 is 1. The van der Waals surface area contributed by atoms with Gasteiger partial charge in [-0.3, -0.25) is 4.79 Å². The van der Waals surface area contributed by atoms with E-state index in [1.807, 2.05) is 69.3 Å². The summed E-state index contributed by atoms with van der Waals surface area (Å²) in [5.41, 5.74) is 5.82. The van der Waals surface area contributed by atoms with E-state index in [4.69, 9.17) is 16.3 Å². The van der Waals surface area contributed by atoms with Gasteiger partial charge in [-0.25, -0.2) is 0 Å². The highest BCUT2D eigenvalue weighted by atomic mass is 35.5. The van der Waals surface area contributed by atoms with Crippen molar-refractivity contribution in [1.82, 2.24) is 9.88 Å². The molecule has 1 fully saturated rings. The Bertz CT molecular complexity index is 1190. The minimum absolute atomic E-state index is 0.0957. The first kappa shape index (κ1) is 21.4. The number of thioether (sulfide) groups is 1. The number of nitrogens with one attached hydrogen (secondary N) is 2. The fourth-order valence-corrected chi connectivity index (χ4v) is 4.88. The van der Waals surface area contributed by atoms with Gasteiger partial charge in [-0.2, -0.15) is 0 Å². The van der Waals surface area contributed by atoms with Crippen LogP contribution in [0.25, 0.3) is 11.8 Å². The maximum atomic E-state index is 12.6. The molecule has 4 rings (SSSR count). The Morgan fingerprint density at radius 2 is 1.97 bits per heavy atom. The molecule has 0 radical (unpaired) electrons. The van der Waals surface area contributed by atoms with Gasteiger partial charge in [-0.1, -0.05) is 35.5 Å². The van der Waals surface area contributed by atoms with Gasteiger partial charge in [0.1, 0.15) is 5.75 Å². The number of nitrogens with zero attached hydrogens (tertiary/aromatic N) is 1. The van der Waals surface area contributed by atoms with Crippen LogP contribution in [-0.2, 0) is 4.79 Å². The van der Waals surface area contributed by atoms with Gasteiger partial charge < -0.3 is 19.9 Å². The molecule has 31 heavy (non-hydrogen) atoms. The molecule has 1 aromatic heterocycles. The van der Waals surface area contributed by atoms with Crippen LogP contribution in [0.15, 0.2) is 53.4 Å². The Morgan fingerprint density at radius 1 is 1.16 bits per heavy atom. The maximum absolute atomic E-state index is 12.6. The highest BCUT2D eigenvalue weighted by Gasteiger charge is 2.28. The first-order valence-electron chi connectivity index (χ1n) is 9.91. The van der Waals surface area contributed by atoms with Gasteiger partial charge in [-0.15, -0.1) is 0 Å². The Labute approximate surface area is 191 Å². The van der Waals surface area contributed by atoms with Crippen molar-refractivity contribution in [2.75, 3.05) is 12.4 Å². The molecule has 0 aliphatic carbocycles. The second-order valence-electron chi connectivity index (χ2n) is 7.47. The molecule has 1 saturated heterocycles. The lowest BCUT2D eigenvalue weighted by atomic mass is 10.2. The molecule has 1 unspecified atom stereocenters. The maximum Gasteiger partial charge on any atom is 0.260 e. The Balaban J connectivity index is 1.59. The summed E-state index contributed by atoms with van der Waals surface area (Å²) in [6.45, 7) is 6.11. The Morgan fingerprint density at radius 3 is 2.71 bits per heavy atom. The first-order valence-corrected chi connectivity index (χ1v) is 11.2. The largest absolute Gasteiger partial charge is 0.495 e. The van der Waals surface area contributed by atoms with Crippen molar-refractivity contribution in [2.45, 2.75) is 26.3 Å². The van der Waals surface area contributed by atoms with E-state index in [-0.39, 0.29) is 11.4 Å². The number of benzene rings is 2. The van der Waals surface area contributed by atoms with Crippen LogP contribution in [0.1, 0.15) is 22.5 Å². The third-order valence-electron chi connectivity index (χ3n) is 5.20. The summed E-state index contributed by atoms with van der Waals surface area (Å²) in [7, 11) is 1.64. The van der Waals surface area contributed by atoms with Crippen molar-refractivity contribution in [3.8, 4) is 11.4 Å². The zero-order valence-electron chi connectivity index (χ0n) is 17.8. The first-order chi connectivity index (χ1) is 14.9. The van der Waals surface area contributed by atoms with Gasteiger partial charge in [0.15, 0.2) is 5.50 Å². The molecular formula is C24H24ClN3O2S. The lowest BCUT2D eigenvalue weighted by molar-refractivity contribution is -0.116. The van der Waals surface area contributed by atoms with E-state index in [2.05, 4.69) is 21.3 Å². The number of hydrogen-bond acceptors (Lipinski definition) is 4. The molecule has 5 nitrogen and oxygen atoms in total. The van der Waals surface area contributed by atoms with Gasteiger partial charge >= 0.3 is 0 Å². The molecule has 0 spiro atoms. The Kier molecular flexibility index (Phi) is 6.03. The number of halogens is 1. The average Bonchev–Trinajstić information content (AvgIpc) is 3.20. The summed E-state index contributed by atoms with van der Waals surface area (Å²) in [6.07, 6.45) is 1.94. The molecule has 2 N–H and O–H groups in total. The summed E-state index contributed by atoms with van der Waals surface area (Å²) in [6, 6.07) is 15.8. The number of carbonyl (C=O) groups is 1. The number of amides is 1. The number of aromatic nitrogens is 1.